The molecule has 0 heterocycles. The van der Waals surface area contributed by atoms with Crippen molar-refractivity contribution in [3.05, 3.63) is 106 Å². The third-order valence-corrected chi connectivity index (χ3v) is 4.20. The maximum absolute atomic E-state index is 11.4. The van der Waals surface area contributed by atoms with Crippen LogP contribution in [0.15, 0.2) is 72.8 Å². The molecule has 0 bridgehead atoms. The molecule has 0 saturated heterocycles. The van der Waals surface area contributed by atoms with E-state index in [1.807, 2.05) is 24.3 Å². The third kappa shape index (κ3) is 5.38. The Balaban J connectivity index is 1.66. The Morgan fingerprint density at radius 1 is 0.500 bits per heavy atom. The summed E-state index contributed by atoms with van der Waals surface area (Å²) in [5.74, 6) is 11.6. The van der Waals surface area contributed by atoms with Crippen LogP contribution in [0.25, 0.3) is 0 Å². The zero-order chi connectivity index (χ0) is 21.3. The highest BCUT2D eigenvalue weighted by atomic mass is 16.5. The van der Waals surface area contributed by atoms with Crippen molar-refractivity contribution in [1.82, 2.24) is 0 Å². The fourth-order valence-corrected chi connectivity index (χ4v) is 2.54. The Labute approximate surface area is 175 Å². The van der Waals surface area contributed by atoms with Crippen molar-refractivity contribution in [1.29, 1.82) is 0 Å². The van der Waals surface area contributed by atoms with E-state index in [9.17, 15) is 9.59 Å². The molecule has 0 aliphatic rings. The number of rotatable bonds is 2. The Morgan fingerprint density at radius 3 is 0.967 bits per heavy atom. The first-order valence-electron chi connectivity index (χ1n) is 9.10. The van der Waals surface area contributed by atoms with Crippen LogP contribution in [0.5, 0.6) is 0 Å². The van der Waals surface area contributed by atoms with Crippen LogP contribution in [0.4, 0.5) is 0 Å². The van der Waals surface area contributed by atoms with Gasteiger partial charge in [0, 0.05) is 22.3 Å². The SMILES string of the molecule is COC(=O)c1ccc(C#Cc2ccc(C#Cc3ccc(C(=O)OC)cc3)cc2)cc1. The number of esters is 2. The lowest BCUT2D eigenvalue weighted by molar-refractivity contribution is 0.0592. The van der Waals surface area contributed by atoms with E-state index in [1.165, 1.54) is 14.2 Å². The summed E-state index contributed by atoms with van der Waals surface area (Å²) in [5.41, 5.74) is 4.32. The Hall–Kier alpha value is -4.28. The van der Waals surface area contributed by atoms with Crippen LogP contribution < -0.4 is 0 Å². The smallest absolute Gasteiger partial charge is 0.337 e. The van der Waals surface area contributed by atoms with Gasteiger partial charge in [-0.1, -0.05) is 23.7 Å². The summed E-state index contributed by atoms with van der Waals surface area (Å²) in [6.45, 7) is 0. The summed E-state index contributed by atoms with van der Waals surface area (Å²) in [6.07, 6.45) is 0. The first kappa shape index (κ1) is 20.5. The molecule has 0 fully saturated rings. The van der Waals surface area contributed by atoms with Gasteiger partial charge in [0.2, 0.25) is 0 Å². The number of ether oxygens (including phenoxy) is 2. The van der Waals surface area contributed by atoms with E-state index in [0.29, 0.717) is 11.1 Å². The summed E-state index contributed by atoms with van der Waals surface area (Å²) in [4.78, 5) is 22.9. The van der Waals surface area contributed by atoms with Crippen LogP contribution in [0.3, 0.4) is 0 Å². The van der Waals surface area contributed by atoms with Crippen molar-refractivity contribution < 1.29 is 19.1 Å². The summed E-state index contributed by atoms with van der Waals surface area (Å²) in [6, 6.07) is 21.5. The van der Waals surface area contributed by atoms with Crippen LogP contribution in [0.1, 0.15) is 43.0 Å². The van der Waals surface area contributed by atoms with Crippen LogP contribution in [-0.2, 0) is 9.47 Å². The molecule has 0 spiro atoms. The third-order valence-electron chi connectivity index (χ3n) is 4.20. The van der Waals surface area contributed by atoms with Crippen LogP contribution in [0.2, 0.25) is 0 Å². The fourth-order valence-electron chi connectivity index (χ4n) is 2.54. The standard InChI is InChI=1S/C26H18O4/c1-29-25(27)23-15-11-21(12-16-23)9-7-19-3-5-20(6-4-19)8-10-22-13-17-24(18-14-22)26(28)30-2/h3-6,11-18H,1-2H3. The van der Waals surface area contributed by atoms with Gasteiger partial charge in [0.05, 0.1) is 25.3 Å². The van der Waals surface area contributed by atoms with Gasteiger partial charge in [-0.25, -0.2) is 9.59 Å². The lowest BCUT2D eigenvalue weighted by atomic mass is 10.1. The van der Waals surface area contributed by atoms with E-state index in [0.717, 1.165) is 22.3 Å². The van der Waals surface area contributed by atoms with Crippen molar-refractivity contribution in [2.24, 2.45) is 0 Å². The molecule has 3 aromatic rings. The zero-order valence-corrected chi connectivity index (χ0v) is 16.6. The second-order valence-electron chi connectivity index (χ2n) is 6.22. The molecule has 4 heteroatoms. The van der Waals surface area contributed by atoms with Crippen LogP contribution >= 0.6 is 0 Å². The van der Waals surface area contributed by atoms with E-state index in [1.54, 1.807) is 48.5 Å². The van der Waals surface area contributed by atoms with Crippen LogP contribution in [0, 0.1) is 23.7 Å². The van der Waals surface area contributed by atoms with E-state index in [4.69, 9.17) is 0 Å². The largest absolute Gasteiger partial charge is 0.465 e. The van der Waals surface area contributed by atoms with E-state index < -0.39 is 0 Å². The number of hydrogen-bond donors (Lipinski definition) is 0. The first-order chi connectivity index (χ1) is 14.6. The zero-order valence-electron chi connectivity index (χ0n) is 16.6. The molecule has 0 aliphatic carbocycles. The molecule has 0 aromatic heterocycles. The highest BCUT2D eigenvalue weighted by molar-refractivity contribution is 5.89. The van der Waals surface area contributed by atoms with Crippen molar-refractivity contribution in [2.75, 3.05) is 14.2 Å². The number of benzene rings is 3. The summed E-state index contributed by atoms with van der Waals surface area (Å²) in [5, 5.41) is 0. The first-order valence-corrected chi connectivity index (χ1v) is 9.10. The lowest BCUT2D eigenvalue weighted by Gasteiger charge is -1.98. The molecule has 3 aromatic carbocycles. The Bertz CT molecular complexity index is 1070. The molecule has 0 radical (unpaired) electrons. The lowest BCUT2D eigenvalue weighted by Crippen LogP contribution is -2.00. The van der Waals surface area contributed by atoms with E-state index in [2.05, 4.69) is 33.2 Å². The van der Waals surface area contributed by atoms with Gasteiger partial charge in [0.1, 0.15) is 0 Å². The predicted octanol–water partition coefficient (Wildman–Crippen LogP) is 4.06. The molecule has 146 valence electrons. The molecule has 3 rings (SSSR count). The summed E-state index contributed by atoms with van der Waals surface area (Å²) >= 11 is 0. The maximum atomic E-state index is 11.4. The van der Waals surface area contributed by atoms with Gasteiger partial charge >= 0.3 is 11.9 Å². The molecule has 0 N–H and O–H groups in total. The van der Waals surface area contributed by atoms with E-state index >= 15 is 0 Å². The summed E-state index contributed by atoms with van der Waals surface area (Å²) < 4.78 is 9.36. The molecule has 0 amide bonds. The molecule has 0 saturated carbocycles. The van der Waals surface area contributed by atoms with Crippen molar-refractivity contribution in [3.8, 4) is 23.7 Å². The molecule has 4 nitrogen and oxygen atoms in total. The second-order valence-corrected chi connectivity index (χ2v) is 6.22. The highest BCUT2D eigenvalue weighted by Gasteiger charge is 2.04. The van der Waals surface area contributed by atoms with Gasteiger partial charge in [-0.15, -0.1) is 0 Å². The molecule has 0 unspecified atom stereocenters. The topological polar surface area (TPSA) is 52.6 Å². The van der Waals surface area contributed by atoms with Gasteiger partial charge < -0.3 is 9.47 Å². The monoisotopic (exact) mass is 394 g/mol. The van der Waals surface area contributed by atoms with Crippen LogP contribution in [-0.4, -0.2) is 26.2 Å². The van der Waals surface area contributed by atoms with Crippen molar-refractivity contribution in [2.45, 2.75) is 0 Å². The van der Waals surface area contributed by atoms with Gasteiger partial charge in [0.15, 0.2) is 0 Å². The average molecular weight is 394 g/mol. The Kier molecular flexibility index (Phi) is 6.66. The Morgan fingerprint density at radius 2 is 0.733 bits per heavy atom. The average Bonchev–Trinajstić information content (AvgIpc) is 2.81. The van der Waals surface area contributed by atoms with E-state index in [-0.39, 0.29) is 11.9 Å². The number of methoxy groups -OCH3 is 2. The minimum atomic E-state index is -0.370. The maximum Gasteiger partial charge on any atom is 0.337 e. The minimum Gasteiger partial charge on any atom is -0.465 e. The fraction of sp³-hybridized carbons (Fsp3) is 0.0769. The number of carbonyl (C=O) groups is 2. The van der Waals surface area contributed by atoms with Gasteiger partial charge in [-0.05, 0) is 72.8 Å². The van der Waals surface area contributed by atoms with Gasteiger partial charge in [-0.3, -0.25) is 0 Å². The molecular weight excluding hydrogens is 376 g/mol. The van der Waals surface area contributed by atoms with Crippen molar-refractivity contribution >= 4 is 11.9 Å². The van der Waals surface area contributed by atoms with Gasteiger partial charge in [-0.2, -0.15) is 0 Å². The normalized spacial score (nSPS) is 9.40. The molecule has 30 heavy (non-hydrogen) atoms. The van der Waals surface area contributed by atoms with Crippen molar-refractivity contribution in [3.63, 3.8) is 0 Å². The quantitative estimate of drug-likeness (QED) is 0.486. The minimum absolute atomic E-state index is 0.370. The number of carbonyl (C=O) groups excluding carboxylic acids is 2. The molecule has 0 atom stereocenters. The summed E-state index contributed by atoms with van der Waals surface area (Å²) in [7, 11) is 2.70. The molecule has 0 aliphatic heterocycles. The van der Waals surface area contributed by atoms with Gasteiger partial charge in [0.25, 0.3) is 0 Å². The molecular formula is C26H18O4. The highest BCUT2D eigenvalue weighted by Crippen LogP contribution is 2.08. The predicted molar refractivity (Wildman–Crippen MR) is 114 cm³/mol. The number of hydrogen-bond acceptors (Lipinski definition) is 4. The second kappa shape index (κ2) is 9.78.